The molecule has 0 aromatic carbocycles. The average molecular weight is 504 g/mol. The molecule has 0 unspecified atom stereocenters. The van der Waals surface area contributed by atoms with E-state index < -0.39 is 0 Å². The highest BCUT2D eigenvalue weighted by molar-refractivity contribution is 14.0. The minimum atomic E-state index is -0.0394. The maximum atomic E-state index is 12.3. The van der Waals surface area contributed by atoms with E-state index >= 15 is 0 Å². The van der Waals surface area contributed by atoms with Crippen LogP contribution in [0.3, 0.4) is 0 Å². The van der Waals surface area contributed by atoms with Crippen molar-refractivity contribution in [3.05, 3.63) is 24.2 Å². The summed E-state index contributed by atoms with van der Waals surface area (Å²) in [6, 6.07) is 3.46. The summed E-state index contributed by atoms with van der Waals surface area (Å²) < 4.78 is 11.2. The Balaban J connectivity index is 0.00000280. The molecule has 1 N–H and O–H groups in total. The Hall–Kier alpha value is -1.29. The van der Waals surface area contributed by atoms with Crippen molar-refractivity contribution in [2.75, 3.05) is 46.4 Å². The summed E-state index contributed by atoms with van der Waals surface area (Å²) in [5.41, 5.74) is 0. The van der Waals surface area contributed by atoms with Gasteiger partial charge in [-0.25, -0.2) is 0 Å². The summed E-state index contributed by atoms with van der Waals surface area (Å²) in [5.74, 6) is 1.27. The van der Waals surface area contributed by atoms with Crippen molar-refractivity contribution >= 4 is 35.8 Å². The lowest BCUT2D eigenvalue weighted by Gasteiger charge is -2.36. The lowest BCUT2D eigenvalue weighted by atomic mass is 9.98. The molecule has 28 heavy (non-hydrogen) atoms. The molecule has 2 heterocycles. The number of amides is 1. The standard InChI is InChI=1S/C20H32N4O3.HI/c1-21-20(22-10-6-16-26-17-7-3-2-4-8-17)24-13-11-23(12-14-24)19(25)18-9-5-15-27-18;/h5,9,15,17H,2-4,6-8,10-14,16H2,1H3,(H,21,22);1H. The number of ether oxygens (including phenoxy) is 1. The Labute approximate surface area is 184 Å². The highest BCUT2D eigenvalue weighted by atomic mass is 127. The minimum Gasteiger partial charge on any atom is -0.459 e. The Morgan fingerprint density at radius 1 is 1.21 bits per heavy atom. The molecule has 0 atom stereocenters. The van der Waals surface area contributed by atoms with Crippen LogP contribution in [0.1, 0.15) is 49.1 Å². The van der Waals surface area contributed by atoms with Crippen LogP contribution >= 0.6 is 24.0 Å². The summed E-state index contributed by atoms with van der Waals surface area (Å²) >= 11 is 0. The molecule has 3 rings (SSSR count). The summed E-state index contributed by atoms with van der Waals surface area (Å²) in [7, 11) is 1.81. The molecule has 2 fully saturated rings. The predicted octanol–water partition coefficient (Wildman–Crippen LogP) is 2.97. The van der Waals surface area contributed by atoms with Gasteiger partial charge in [-0.1, -0.05) is 19.3 Å². The molecular formula is C20H33IN4O3. The molecule has 7 nitrogen and oxygen atoms in total. The first-order valence-electron chi connectivity index (χ1n) is 10.2. The van der Waals surface area contributed by atoms with Crippen molar-refractivity contribution in [3.8, 4) is 0 Å². The maximum absolute atomic E-state index is 12.3. The third-order valence-electron chi connectivity index (χ3n) is 5.32. The second-order valence-corrected chi connectivity index (χ2v) is 7.21. The zero-order valence-electron chi connectivity index (χ0n) is 16.8. The van der Waals surface area contributed by atoms with Gasteiger partial charge in [0.15, 0.2) is 11.7 Å². The predicted molar refractivity (Wildman–Crippen MR) is 120 cm³/mol. The van der Waals surface area contributed by atoms with Crippen LogP contribution in [0, 0.1) is 0 Å². The lowest BCUT2D eigenvalue weighted by Crippen LogP contribution is -2.53. The van der Waals surface area contributed by atoms with Crippen LogP contribution < -0.4 is 5.32 Å². The monoisotopic (exact) mass is 504 g/mol. The number of furan rings is 1. The molecule has 1 saturated carbocycles. The van der Waals surface area contributed by atoms with Crippen LogP contribution in [0.5, 0.6) is 0 Å². The minimum absolute atomic E-state index is 0. The fourth-order valence-corrected chi connectivity index (χ4v) is 3.76. The van der Waals surface area contributed by atoms with Crippen molar-refractivity contribution in [1.82, 2.24) is 15.1 Å². The SMILES string of the molecule is CN=C(NCCCOC1CCCCC1)N1CCN(C(=O)c2ccco2)CC1.I. The molecule has 8 heteroatoms. The van der Waals surface area contributed by atoms with Crippen LogP contribution in [-0.4, -0.2) is 74.1 Å². The topological polar surface area (TPSA) is 70.3 Å². The Bertz CT molecular complexity index is 595. The van der Waals surface area contributed by atoms with Crippen molar-refractivity contribution in [1.29, 1.82) is 0 Å². The van der Waals surface area contributed by atoms with Crippen LogP contribution in [0.2, 0.25) is 0 Å². The van der Waals surface area contributed by atoms with Gasteiger partial charge in [0.2, 0.25) is 0 Å². The van der Waals surface area contributed by atoms with E-state index in [1.165, 1.54) is 38.4 Å². The zero-order chi connectivity index (χ0) is 18.9. The van der Waals surface area contributed by atoms with Crippen LogP contribution in [0.25, 0.3) is 0 Å². The van der Waals surface area contributed by atoms with Gasteiger partial charge in [-0.2, -0.15) is 0 Å². The second-order valence-electron chi connectivity index (χ2n) is 7.21. The third-order valence-corrected chi connectivity index (χ3v) is 5.32. The number of aliphatic imine (C=N–C) groups is 1. The summed E-state index contributed by atoms with van der Waals surface area (Å²) in [6.45, 7) is 4.54. The van der Waals surface area contributed by atoms with Crippen LogP contribution in [0.15, 0.2) is 27.8 Å². The molecule has 1 aliphatic carbocycles. The van der Waals surface area contributed by atoms with Crippen molar-refractivity contribution in [2.45, 2.75) is 44.6 Å². The number of carbonyl (C=O) groups excluding carboxylic acids is 1. The summed E-state index contributed by atoms with van der Waals surface area (Å²) in [5, 5.41) is 3.42. The number of piperazine rings is 1. The number of halogens is 1. The van der Waals surface area contributed by atoms with Crippen LogP contribution in [-0.2, 0) is 4.74 Å². The van der Waals surface area contributed by atoms with E-state index in [0.717, 1.165) is 38.6 Å². The summed E-state index contributed by atoms with van der Waals surface area (Å²) in [4.78, 5) is 20.8. The van der Waals surface area contributed by atoms with E-state index in [2.05, 4.69) is 15.2 Å². The first-order valence-corrected chi connectivity index (χ1v) is 10.2. The van der Waals surface area contributed by atoms with E-state index in [-0.39, 0.29) is 29.9 Å². The number of guanidine groups is 1. The largest absolute Gasteiger partial charge is 0.459 e. The first kappa shape index (κ1) is 23.0. The molecule has 1 saturated heterocycles. The number of nitrogens with one attached hydrogen (secondary N) is 1. The highest BCUT2D eigenvalue weighted by Crippen LogP contribution is 2.20. The Kier molecular flexibility index (Phi) is 10.1. The molecule has 1 amide bonds. The van der Waals surface area contributed by atoms with Gasteiger partial charge in [0.25, 0.3) is 5.91 Å². The number of nitrogens with zero attached hydrogens (tertiary/aromatic N) is 3. The molecule has 0 spiro atoms. The summed E-state index contributed by atoms with van der Waals surface area (Å²) in [6.07, 6.45) is 9.40. The number of hydrogen-bond donors (Lipinski definition) is 1. The van der Waals surface area contributed by atoms with E-state index in [4.69, 9.17) is 9.15 Å². The van der Waals surface area contributed by atoms with Crippen molar-refractivity contribution in [2.24, 2.45) is 4.99 Å². The van der Waals surface area contributed by atoms with Crippen molar-refractivity contribution in [3.63, 3.8) is 0 Å². The average Bonchev–Trinajstić information content (AvgIpc) is 3.26. The van der Waals surface area contributed by atoms with E-state index in [1.807, 2.05) is 4.90 Å². The van der Waals surface area contributed by atoms with Gasteiger partial charge in [-0.3, -0.25) is 9.79 Å². The quantitative estimate of drug-likeness (QED) is 0.279. The molecule has 1 aliphatic heterocycles. The molecule has 1 aromatic heterocycles. The van der Waals surface area contributed by atoms with E-state index in [0.29, 0.717) is 25.0 Å². The fraction of sp³-hybridized carbons (Fsp3) is 0.700. The smallest absolute Gasteiger partial charge is 0.289 e. The van der Waals surface area contributed by atoms with E-state index in [1.54, 1.807) is 19.2 Å². The molecule has 1 aromatic rings. The van der Waals surface area contributed by atoms with Gasteiger partial charge in [0.05, 0.1) is 12.4 Å². The molecule has 0 radical (unpaired) electrons. The van der Waals surface area contributed by atoms with Gasteiger partial charge in [-0.05, 0) is 31.4 Å². The molecule has 158 valence electrons. The molecular weight excluding hydrogens is 471 g/mol. The first-order chi connectivity index (χ1) is 13.3. The molecule has 0 bridgehead atoms. The second kappa shape index (κ2) is 12.3. The fourth-order valence-electron chi connectivity index (χ4n) is 3.76. The number of carbonyl (C=O) groups is 1. The van der Waals surface area contributed by atoms with Gasteiger partial charge < -0.3 is 24.3 Å². The number of hydrogen-bond acceptors (Lipinski definition) is 4. The van der Waals surface area contributed by atoms with Gasteiger partial charge in [0.1, 0.15) is 0 Å². The normalized spacial score (nSPS) is 18.7. The number of rotatable bonds is 6. The van der Waals surface area contributed by atoms with Gasteiger partial charge >= 0.3 is 0 Å². The Morgan fingerprint density at radius 3 is 2.57 bits per heavy atom. The van der Waals surface area contributed by atoms with E-state index in [9.17, 15) is 4.79 Å². The van der Waals surface area contributed by atoms with Gasteiger partial charge in [0, 0.05) is 46.4 Å². The highest BCUT2D eigenvalue weighted by Gasteiger charge is 2.25. The van der Waals surface area contributed by atoms with Gasteiger partial charge in [-0.15, -0.1) is 24.0 Å². The third kappa shape index (κ3) is 6.65. The Morgan fingerprint density at radius 2 is 1.93 bits per heavy atom. The van der Waals surface area contributed by atoms with Crippen molar-refractivity contribution < 1.29 is 13.9 Å². The zero-order valence-corrected chi connectivity index (χ0v) is 19.1. The maximum Gasteiger partial charge on any atom is 0.289 e. The lowest BCUT2D eigenvalue weighted by molar-refractivity contribution is 0.0276. The molecule has 2 aliphatic rings. The van der Waals surface area contributed by atoms with Crippen LogP contribution in [0.4, 0.5) is 0 Å².